The number of aryl methyl sites for hydroxylation is 1. The molecule has 7 heteroatoms. The molecule has 0 unspecified atom stereocenters. The number of carbonyl (C=O) groups is 1. The number of sulfonamides is 1. The molecule has 0 aromatic carbocycles. The molecule has 1 rings (SSSR count). The third-order valence-electron chi connectivity index (χ3n) is 2.87. The maximum absolute atomic E-state index is 12.5. The monoisotopic (exact) mass is 300 g/mol. The summed E-state index contributed by atoms with van der Waals surface area (Å²) in [6, 6.07) is 1.20. The summed E-state index contributed by atoms with van der Waals surface area (Å²) in [5, 5.41) is 9.08. The number of hydrogen-bond acceptors (Lipinski definition) is 3. The Bertz CT molecular complexity index is 590. The molecular formula is C13H20N2O4S. The van der Waals surface area contributed by atoms with Crippen LogP contribution in [0.4, 0.5) is 0 Å². The van der Waals surface area contributed by atoms with E-state index in [-0.39, 0.29) is 17.1 Å². The summed E-state index contributed by atoms with van der Waals surface area (Å²) >= 11 is 0. The first-order valence-electron chi connectivity index (χ1n) is 6.42. The number of rotatable bonds is 8. The summed E-state index contributed by atoms with van der Waals surface area (Å²) in [5.41, 5.74) is -0.0267. The zero-order chi connectivity index (χ0) is 15.3. The second-order valence-electron chi connectivity index (χ2n) is 4.30. The van der Waals surface area contributed by atoms with E-state index in [1.165, 1.54) is 27.2 Å². The molecule has 0 amide bonds. The van der Waals surface area contributed by atoms with Gasteiger partial charge < -0.3 is 9.67 Å². The van der Waals surface area contributed by atoms with E-state index >= 15 is 0 Å². The van der Waals surface area contributed by atoms with Crippen LogP contribution >= 0.6 is 0 Å². The third-order valence-corrected chi connectivity index (χ3v) is 4.71. The topological polar surface area (TPSA) is 79.6 Å². The minimum Gasteiger partial charge on any atom is -0.477 e. The van der Waals surface area contributed by atoms with E-state index in [4.69, 9.17) is 5.11 Å². The van der Waals surface area contributed by atoms with Gasteiger partial charge >= 0.3 is 5.97 Å². The summed E-state index contributed by atoms with van der Waals surface area (Å²) in [6.07, 6.45) is 3.56. The highest BCUT2D eigenvalue weighted by atomic mass is 32.2. The van der Waals surface area contributed by atoms with Gasteiger partial charge in [-0.25, -0.2) is 13.2 Å². The third kappa shape index (κ3) is 3.29. The minimum atomic E-state index is -3.69. The molecule has 6 nitrogen and oxygen atoms in total. The molecule has 1 N–H and O–H groups in total. The predicted octanol–water partition coefficient (Wildman–Crippen LogP) is 1.79. The van der Waals surface area contributed by atoms with Gasteiger partial charge in [0.25, 0.3) is 0 Å². The molecule has 1 heterocycles. The lowest BCUT2D eigenvalue weighted by atomic mass is 10.4. The smallest absolute Gasteiger partial charge is 0.352 e. The van der Waals surface area contributed by atoms with Gasteiger partial charge in [0.05, 0.1) is 0 Å². The lowest BCUT2D eigenvalue weighted by Crippen LogP contribution is -2.31. The maximum Gasteiger partial charge on any atom is 0.352 e. The van der Waals surface area contributed by atoms with Crippen molar-refractivity contribution < 1.29 is 18.3 Å². The number of nitrogens with zero attached hydrogens (tertiary/aromatic N) is 2. The van der Waals surface area contributed by atoms with Crippen molar-refractivity contribution in [2.24, 2.45) is 0 Å². The van der Waals surface area contributed by atoms with E-state index in [1.54, 1.807) is 6.92 Å². The van der Waals surface area contributed by atoms with Crippen LogP contribution in [0, 0.1) is 0 Å². The fourth-order valence-electron chi connectivity index (χ4n) is 1.92. The lowest BCUT2D eigenvalue weighted by molar-refractivity contribution is 0.0685. The summed E-state index contributed by atoms with van der Waals surface area (Å²) in [6.45, 7) is 8.16. The molecule has 112 valence electrons. The first-order chi connectivity index (χ1) is 9.38. The Morgan fingerprint density at radius 3 is 2.55 bits per heavy atom. The molecule has 0 saturated carbocycles. The second-order valence-corrected chi connectivity index (χ2v) is 6.24. The summed E-state index contributed by atoms with van der Waals surface area (Å²) in [4.78, 5) is 11.1. The summed E-state index contributed by atoms with van der Waals surface area (Å²) in [5.74, 6) is -1.14. The molecule has 0 bridgehead atoms. The van der Waals surface area contributed by atoms with Crippen molar-refractivity contribution in [3.05, 3.63) is 30.6 Å². The molecular weight excluding hydrogens is 280 g/mol. The van der Waals surface area contributed by atoms with Gasteiger partial charge in [-0.1, -0.05) is 13.0 Å². The average molecular weight is 300 g/mol. The summed E-state index contributed by atoms with van der Waals surface area (Å²) < 4.78 is 27.7. The van der Waals surface area contributed by atoms with Gasteiger partial charge in [-0.3, -0.25) is 0 Å². The molecule has 20 heavy (non-hydrogen) atoms. The lowest BCUT2D eigenvalue weighted by Gasteiger charge is -2.18. The van der Waals surface area contributed by atoms with Gasteiger partial charge in [0.1, 0.15) is 10.6 Å². The van der Waals surface area contributed by atoms with Crippen LogP contribution in [0.2, 0.25) is 0 Å². The minimum absolute atomic E-state index is 0.00653. The quantitative estimate of drug-likeness (QED) is 0.742. The normalized spacial score (nSPS) is 11.8. The molecule has 1 aromatic rings. The Morgan fingerprint density at radius 2 is 2.15 bits per heavy atom. The standard InChI is InChI=1S/C13H20N2O4S/c1-4-7-15(8-5-2)20(18,19)11-9-12(13(16)17)14(6-3)10-11/h4,9-10H,1,5-8H2,2-3H3,(H,16,17). The van der Waals surface area contributed by atoms with Gasteiger partial charge in [0.2, 0.25) is 10.0 Å². The fraction of sp³-hybridized carbons (Fsp3) is 0.462. The molecule has 0 aliphatic rings. The van der Waals surface area contributed by atoms with Crippen molar-refractivity contribution in [1.82, 2.24) is 8.87 Å². The maximum atomic E-state index is 12.5. The van der Waals surface area contributed by atoms with Crippen LogP contribution in [0.1, 0.15) is 30.8 Å². The molecule has 0 aliphatic carbocycles. The van der Waals surface area contributed by atoms with Crippen molar-refractivity contribution in [2.75, 3.05) is 13.1 Å². The van der Waals surface area contributed by atoms with Gasteiger partial charge in [0, 0.05) is 25.8 Å². The highest BCUT2D eigenvalue weighted by Crippen LogP contribution is 2.19. The molecule has 0 spiro atoms. The SMILES string of the molecule is C=CCN(CCC)S(=O)(=O)c1cc(C(=O)O)n(CC)c1. The van der Waals surface area contributed by atoms with Gasteiger partial charge in [0.15, 0.2) is 0 Å². The zero-order valence-corrected chi connectivity index (χ0v) is 12.6. The first kappa shape index (κ1) is 16.5. The van der Waals surface area contributed by atoms with E-state index in [2.05, 4.69) is 6.58 Å². The Labute approximate surface area is 119 Å². The van der Waals surface area contributed by atoms with Crippen molar-refractivity contribution >= 4 is 16.0 Å². The molecule has 0 radical (unpaired) electrons. The Morgan fingerprint density at radius 1 is 1.50 bits per heavy atom. The molecule has 0 atom stereocenters. The first-order valence-corrected chi connectivity index (χ1v) is 7.87. The molecule has 0 fully saturated rings. The molecule has 0 saturated heterocycles. The number of carboxylic acid groups (broad SMARTS) is 1. The highest BCUT2D eigenvalue weighted by molar-refractivity contribution is 7.89. The molecule has 1 aromatic heterocycles. The van der Waals surface area contributed by atoms with Crippen LogP contribution in [0.15, 0.2) is 29.8 Å². The van der Waals surface area contributed by atoms with Crippen LogP contribution in [-0.2, 0) is 16.6 Å². The number of hydrogen-bond donors (Lipinski definition) is 1. The van der Waals surface area contributed by atoms with E-state index in [0.717, 1.165) is 0 Å². The fourth-order valence-corrected chi connectivity index (χ4v) is 3.46. The number of carboxylic acids is 1. The predicted molar refractivity (Wildman–Crippen MR) is 76.3 cm³/mol. The van der Waals surface area contributed by atoms with Crippen LogP contribution in [0.5, 0.6) is 0 Å². The van der Waals surface area contributed by atoms with Crippen molar-refractivity contribution in [1.29, 1.82) is 0 Å². The number of aromatic carboxylic acids is 1. The van der Waals surface area contributed by atoms with Crippen molar-refractivity contribution in [3.63, 3.8) is 0 Å². The van der Waals surface area contributed by atoms with E-state index in [1.807, 2.05) is 6.92 Å². The van der Waals surface area contributed by atoms with Gasteiger partial charge in [-0.15, -0.1) is 6.58 Å². The van der Waals surface area contributed by atoms with Gasteiger partial charge in [-0.05, 0) is 19.4 Å². The van der Waals surface area contributed by atoms with E-state index in [9.17, 15) is 13.2 Å². The average Bonchev–Trinajstić information content (AvgIpc) is 2.83. The Hall–Kier alpha value is -1.60. The Balaban J connectivity index is 3.26. The van der Waals surface area contributed by atoms with Gasteiger partial charge in [-0.2, -0.15) is 4.31 Å². The van der Waals surface area contributed by atoms with Crippen molar-refractivity contribution in [2.45, 2.75) is 31.7 Å². The second kappa shape index (κ2) is 6.71. The number of aromatic nitrogens is 1. The zero-order valence-electron chi connectivity index (χ0n) is 11.7. The largest absolute Gasteiger partial charge is 0.477 e. The summed E-state index contributed by atoms with van der Waals surface area (Å²) in [7, 11) is -3.69. The van der Waals surface area contributed by atoms with Crippen LogP contribution in [0.25, 0.3) is 0 Å². The van der Waals surface area contributed by atoms with Crippen LogP contribution in [0.3, 0.4) is 0 Å². The highest BCUT2D eigenvalue weighted by Gasteiger charge is 2.26. The van der Waals surface area contributed by atoms with E-state index in [0.29, 0.717) is 19.5 Å². The van der Waals surface area contributed by atoms with Crippen molar-refractivity contribution in [3.8, 4) is 0 Å². The molecule has 0 aliphatic heterocycles. The van der Waals surface area contributed by atoms with E-state index < -0.39 is 16.0 Å². The van der Waals surface area contributed by atoms with Crippen LogP contribution < -0.4 is 0 Å². The Kier molecular flexibility index (Phi) is 5.52. The van der Waals surface area contributed by atoms with Crippen LogP contribution in [-0.4, -0.2) is 41.5 Å².